The normalized spacial score (nSPS) is 19.4. The molecule has 1 aliphatic rings. The Morgan fingerprint density at radius 1 is 1.50 bits per heavy atom. The Kier molecular flexibility index (Phi) is 3.25. The van der Waals surface area contributed by atoms with Gasteiger partial charge in [0.1, 0.15) is 12.1 Å². The number of carbonyl (C=O) groups is 1. The second-order valence-corrected chi connectivity index (χ2v) is 5.25. The van der Waals surface area contributed by atoms with Crippen molar-refractivity contribution >= 4 is 22.8 Å². The molecule has 1 fully saturated rings. The lowest BCUT2D eigenvalue weighted by molar-refractivity contribution is -0.138. The largest absolute Gasteiger partial charge is 0.481 e. The molecule has 2 aromatic heterocycles. The quantitative estimate of drug-likeness (QED) is 0.901. The topological polar surface area (TPSA) is 84.1 Å². The van der Waals surface area contributed by atoms with Crippen LogP contribution in [0, 0.1) is 5.92 Å². The summed E-state index contributed by atoms with van der Waals surface area (Å²) >= 11 is 0. The first-order chi connectivity index (χ1) is 9.65. The first kappa shape index (κ1) is 12.8. The van der Waals surface area contributed by atoms with E-state index in [1.54, 1.807) is 17.2 Å². The fourth-order valence-electron chi connectivity index (χ4n) is 2.87. The molecule has 0 aromatic carbocycles. The predicted octanol–water partition coefficient (Wildman–Crippen LogP) is 1.05. The van der Waals surface area contributed by atoms with Gasteiger partial charge in [0.2, 0.25) is 0 Å². The molecule has 106 valence electrons. The second-order valence-electron chi connectivity index (χ2n) is 5.25. The highest BCUT2D eigenvalue weighted by atomic mass is 16.4. The number of fused-ring (bicyclic) bond motifs is 1. The van der Waals surface area contributed by atoms with Crippen LogP contribution in [-0.2, 0) is 11.8 Å². The molecule has 20 heavy (non-hydrogen) atoms. The second kappa shape index (κ2) is 5.07. The zero-order valence-corrected chi connectivity index (χ0v) is 11.4. The van der Waals surface area contributed by atoms with Crippen molar-refractivity contribution in [1.29, 1.82) is 0 Å². The molecule has 1 unspecified atom stereocenters. The van der Waals surface area contributed by atoms with Crippen molar-refractivity contribution in [3.05, 3.63) is 12.5 Å². The van der Waals surface area contributed by atoms with Crippen LogP contribution in [0.15, 0.2) is 12.5 Å². The third kappa shape index (κ3) is 2.31. The molecule has 1 aliphatic heterocycles. The Morgan fingerprint density at radius 2 is 2.35 bits per heavy atom. The molecule has 0 radical (unpaired) electrons. The zero-order valence-electron chi connectivity index (χ0n) is 11.4. The van der Waals surface area contributed by atoms with Gasteiger partial charge in [0.15, 0.2) is 5.65 Å². The maximum absolute atomic E-state index is 10.9. The van der Waals surface area contributed by atoms with E-state index in [4.69, 9.17) is 5.11 Å². The van der Waals surface area contributed by atoms with E-state index >= 15 is 0 Å². The van der Waals surface area contributed by atoms with Crippen molar-refractivity contribution in [2.24, 2.45) is 13.0 Å². The number of aliphatic carboxylic acids is 1. The molecule has 0 spiro atoms. The summed E-state index contributed by atoms with van der Waals surface area (Å²) in [5.41, 5.74) is 0.801. The third-order valence-corrected chi connectivity index (χ3v) is 3.79. The lowest BCUT2D eigenvalue weighted by atomic mass is 9.95. The number of carboxylic acids is 1. The van der Waals surface area contributed by atoms with Gasteiger partial charge in [-0.3, -0.25) is 9.48 Å². The van der Waals surface area contributed by atoms with Crippen molar-refractivity contribution in [1.82, 2.24) is 19.7 Å². The Hall–Kier alpha value is -2.18. The predicted molar refractivity (Wildman–Crippen MR) is 73.5 cm³/mol. The standard InChI is InChI=1S/C13H17N5O2/c1-17-12-10(6-16-17)13(15-8-14-12)18-4-2-3-9(7-18)5-11(19)20/h6,8-9H,2-5,7H2,1H3,(H,19,20). The van der Waals surface area contributed by atoms with Crippen molar-refractivity contribution in [2.75, 3.05) is 18.0 Å². The summed E-state index contributed by atoms with van der Waals surface area (Å²) in [7, 11) is 1.85. The van der Waals surface area contributed by atoms with Crippen LogP contribution in [0.5, 0.6) is 0 Å². The minimum atomic E-state index is -0.730. The van der Waals surface area contributed by atoms with Gasteiger partial charge >= 0.3 is 5.97 Å². The van der Waals surface area contributed by atoms with E-state index in [-0.39, 0.29) is 12.3 Å². The van der Waals surface area contributed by atoms with Gasteiger partial charge in [0, 0.05) is 26.6 Å². The molecule has 7 nitrogen and oxygen atoms in total. The molecule has 0 aliphatic carbocycles. The van der Waals surface area contributed by atoms with Crippen LogP contribution in [0.3, 0.4) is 0 Å². The Bertz CT molecular complexity index is 639. The molecule has 0 bridgehead atoms. The van der Waals surface area contributed by atoms with Crippen LogP contribution in [0.1, 0.15) is 19.3 Å². The highest BCUT2D eigenvalue weighted by Crippen LogP contribution is 2.28. The minimum Gasteiger partial charge on any atom is -0.481 e. The summed E-state index contributed by atoms with van der Waals surface area (Å²) in [6.45, 7) is 1.63. The molecule has 3 rings (SSSR count). The summed E-state index contributed by atoms with van der Waals surface area (Å²) in [6.07, 6.45) is 5.48. The number of hydrogen-bond acceptors (Lipinski definition) is 5. The van der Waals surface area contributed by atoms with Gasteiger partial charge in [0.05, 0.1) is 11.6 Å². The van der Waals surface area contributed by atoms with Gasteiger partial charge in [-0.05, 0) is 18.8 Å². The lowest BCUT2D eigenvalue weighted by Crippen LogP contribution is -2.36. The van der Waals surface area contributed by atoms with Crippen LogP contribution in [0.2, 0.25) is 0 Å². The Balaban J connectivity index is 1.88. The first-order valence-electron chi connectivity index (χ1n) is 6.74. The van der Waals surface area contributed by atoms with E-state index in [1.165, 1.54) is 0 Å². The van der Waals surface area contributed by atoms with Crippen molar-refractivity contribution in [3.8, 4) is 0 Å². The Morgan fingerprint density at radius 3 is 3.15 bits per heavy atom. The molecular weight excluding hydrogens is 258 g/mol. The number of anilines is 1. The van der Waals surface area contributed by atoms with Crippen molar-refractivity contribution < 1.29 is 9.90 Å². The maximum Gasteiger partial charge on any atom is 0.303 e. The molecule has 1 atom stereocenters. The monoisotopic (exact) mass is 275 g/mol. The maximum atomic E-state index is 10.9. The van der Waals surface area contributed by atoms with Gasteiger partial charge in [-0.25, -0.2) is 9.97 Å². The zero-order chi connectivity index (χ0) is 14.1. The molecule has 1 N–H and O–H groups in total. The van der Waals surface area contributed by atoms with Crippen molar-refractivity contribution in [3.63, 3.8) is 0 Å². The van der Waals surface area contributed by atoms with Gasteiger partial charge in [0.25, 0.3) is 0 Å². The number of hydrogen-bond donors (Lipinski definition) is 1. The average Bonchev–Trinajstić information content (AvgIpc) is 2.80. The SMILES string of the molecule is Cn1ncc2c(N3CCCC(CC(=O)O)C3)ncnc21. The van der Waals surface area contributed by atoms with Gasteiger partial charge < -0.3 is 10.0 Å². The molecule has 1 saturated heterocycles. The molecule has 0 saturated carbocycles. The first-order valence-corrected chi connectivity index (χ1v) is 6.74. The number of rotatable bonds is 3. The van der Waals surface area contributed by atoms with Crippen LogP contribution in [0.25, 0.3) is 11.0 Å². The number of piperidine rings is 1. The van der Waals surface area contributed by atoms with Crippen LogP contribution >= 0.6 is 0 Å². The average molecular weight is 275 g/mol. The van der Waals surface area contributed by atoms with Gasteiger partial charge in [-0.2, -0.15) is 5.10 Å². The molecule has 7 heteroatoms. The van der Waals surface area contributed by atoms with Crippen LogP contribution < -0.4 is 4.90 Å². The third-order valence-electron chi connectivity index (χ3n) is 3.79. The summed E-state index contributed by atoms with van der Waals surface area (Å²) in [6, 6.07) is 0. The lowest BCUT2D eigenvalue weighted by Gasteiger charge is -2.33. The fraction of sp³-hybridized carbons (Fsp3) is 0.538. The number of nitrogens with zero attached hydrogens (tertiary/aromatic N) is 5. The summed E-state index contributed by atoms with van der Waals surface area (Å²) in [4.78, 5) is 21.6. The van der Waals surface area contributed by atoms with Gasteiger partial charge in [-0.15, -0.1) is 0 Å². The number of aryl methyl sites for hydroxylation is 1. The van der Waals surface area contributed by atoms with E-state index in [0.717, 1.165) is 42.8 Å². The Labute approximate surface area is 116 Å². The van der Waals surface area contributed by atoms with Crippen LogP contribution in [-0.4, -0.2) is 43.9 Å². The molecular formula is C13H17N5O2. The summed E-state index contributed by atoms with van der Waals surface area (Å²) < 4.78 is 1.72. The fourth-order valence-corrected chi connectivity index (χ4v) is 2.87. The van der Waals surface area contributed by atoms with Crippen molar-refractivity contribution in [2.45, 2.75) is 19.3 Å². The van der Waals surface area contributed by atoms with E-state index in [9.17, 15) is 4.79 Å². The minimum absolute atomic E-state index is 0.183. The number of aromatic nitrogens is 4. The smallest absolute Gasteiger partial charge is 0.303 e. The van der Waals surface area contributed by atoms with E-state index < -0.39 is 5.97 Å². The molecule has 3 heterocycles. The summed E-state index contributed by atoms with van der Waals surface area (Å²) in [5.74, 6) is 0.312. The highest BCUT2D eigenvalue weighted by Gasteiger charge is 2.24. The summed E-state index contributed by atoms with van der Waals surface area (Å²) in [5, 5.41) is 14.1. The van der Waals surface area contributed by atoms with Gasteiger partial charge in [-0.1, -0.05) is 0 Å². The van der Waals surface area contributed by atoms with E-state index in [0.29, 0.717) is 0 Å². The van der Waals surface area contributed by atoms with E-state index in [2.05, 4.69) is 20.0 Å². The van der Waals surface area contributed by atoms with Crippen LogP contribution in [0.4, 0.5) is 5.82 Å². The highest BCUT2D eigenvalue weighted by molar-refractivity contribution is 5.86. The molecule has 0 amide bonds. The molecule has 2 aromatic rings. The number of carboxylic acid groups (broad SMARTS) is 1. The van der Waals surface area contributed by atoms with E-state index in [1.807, 2.05) is 7.05 Å².